The number of carbonyl (C=O) groups is 2. The predicted molar refractivity (Wildman–Crippen MR) is 82.2 cm³/mol. The lowest BCUT2D eigenvalue weighted by molar-refractivity contribution is -0.118. The molecule has 1 aromatic rings. The molecule has 2 atom stereocenters. The Morgan fingerprint density at radius 1 is 1.43 bits per heavy atom. The van der Waals surface area contributed by atoms with Crippen LogP contribution in [0, 0.1) is 11.3 Å². The molecule has 1 aromatic carbocycles. The Hall–Kier alpha value is -1.61. The van der Waals surface area contributed by atoms with E-state index in [4.69, 9.17) is 11.6 Å². The number of anilines is 1. The molecule has 4 rings (SSSR count). The van der Waals surface area contributed by atoms with Crippen LogP contribution in [0.5, 0.6) is 0 Å². The molecule has 1 saturated carbocycles. The van der Waals surface area contributed by atoms with E-state index in [9.17, 15) is 9.59 Å². The van der Waals surface area contributed by atoms with E-state index >= 15 is 0 Å². The highest BCUT2D eigenvalue weighted by atomic mass is 35.5. The Morgan fingerprint density at radius 3 is 3.00 bits per heavy atom. The molecule has 108 valence electrons. The summed E-state index contributed by atoms with van der Waals surface area (Å²) in [6, 6.07) is 3.89. The van der Waals surface area contributed by atoms with E-state index in [1.165, 1.54) is 18.1 Å². The maximum absolute atomic E-state index is 12.1. The number of carbonyl (C=O) groups excluding carboxylic acids is 2. The van der Waals surface area contributed by atoms with E-state index in [0.717, 1.165) is 31.2 Å². The predicted octanol–water partition coefficient (Wildman–Crippen LogP) is 3.61. The van der Waals surface area contributed by atoms with E-state index in [2.05, 4.69) is 5.32 Å². The second-order valence-electron chi connectivity index (χ2n) is 6.53. The van der Waals surface area contributed by atoms with Crippen molar-refractivity contribution in [2.45, 2.75) is 32.6 Å². The van der Waals surface area contributed by atoms with Crippen LogP contribution in [0.3, 0.4) is 0 Å². The van der Waals surface area contributed by atoms with Crippen LogP contribution in [0.2, 0.25) is 5.02 Å². The fraction of sp³-hybridized carbons (Fsp3) is 0.412. The summed E-state index contributed by atoms with van der Waals surface area (Å²) in [7, 11) is 0. The number of rotatable bonds is 1. The van der Waals surface area contributed by atoms with Crippen LogP contribution in [0.15, 0.2) is 18.2 Å². The molecule has 1 N–H and O–H groups in total. The Morgan fingerprint density at radius 2 is 2.24 bits per heavy atom. The first-order valence-corrected chi connectivity index (χ1v) is 7.73. The van der Waals surface area contributed by atoms with Crippen LogP contribution in [-0.2, 0) is 16.0 Å². The standard InChI is InChI=1S/C17H16ClNO2/c1-9(20)19-15-4-11-8-17-3-2-10(7-17)16(21)6-13(17)12(11)5-14(15)18/h4-6,10H,2-3,7-8H2,1H3,(H,19,20)/t10-,17+/m0/s1. The van der Waals surface area contributed by atoms with Crippen molar-refractivity contribution in [2.24, 2.45) is 11.3 Å². The number of hydrogen-bond donors (Lipinski definition) is 1. The molecule has 0 unspecified atom stereocenters. The maximum atomic E-state index is 12.1. The molecule has 0 radical (unpaired) electrons. The third kappa shape index (κ3) is 1.80. The minimum atomic E-state index is -0.124. The Balaban J connectivity index is 1.84. The molecule has 1 fully saturated rings. The Kier molecular flexibility index (Phi) is 2.62. The average molecular weight is 302 g/mol. The van der Waals surface area contributed by atoms with Crippen molar-refractivity contribution in [3.05, 3.63) is 34.4 Å². The van der Waals surface area contributed by atoms with E-state index < -0.39 is 0 Å². The molecular formula is C17H16ClNO2. The van der Waals surface area contributed by atoms with Crippen LogP contribution < -0.4 is 5.32 Å². The summed E-state index contributed by atoms with van der Waals surface area (Å²) in [6.07, 6.45) is 5.86. The van der Waals surface area contributed by atoms with Gasteiger partial charge in [-0.3, -0.25) is 9.59 Å². The first kappa shape index (κ1) is 13.1. The van der Waals surface area contributed by atoms with Gasteiger partial charge in [-0.15, -0.1) is 0 Å². The highest BCUT2D eigenvalue weighted by molar-refractivity contribution is 6.34. The van der Waals surface area contributed by atoms with Crippen molar-refractivity contribution < 1.29 is 9.59 Å². The zero-order chi connectivity index (χ0) is 14.8. The summed E-state index contributed by atoms with van der Waals surface area (Å²) >= 11 is 6.29. The molecular weight excluding hydrogens is 286 g/mol. The smallest absolute Gasteiger partial charge is 0.221 e. The first-order chi connectivity index (χ1) is 9.98. The number of allylic oxidation sites excluding steroid dienone is 2. The normalized spacial score (nSPS) is 29.0. The summed E-state index contributed by atoms with van der Waals surface area (Å²) in [4.78, 5) is 23.4. The van der Waals surface area contributed by atoms with Gasteiger partial charge in [0.25, 0.3) is 0 Å². The molecule has 0 aliphatic heterocycles. The summed E-state index contributed by atoms with van der Waals surface area (Å²) in [5.74, 6) is 0.363. The molecule has 1 amide bonds. The van der Waals surface area contributed by atoms with Crippen LogP contribution in [0.1, 0.15) is 37.3 Å². The van der Waals surface area contributed by atoms with Crippen molar-refractivity contribution in [3.8, 4) is 0 Å². The quantitative estimate of drug-likeness (QED) is 0.861. The summed E-state index contributed by atoms with van der Waals surface area (Å²) in [5.41, 5.74) is 4.28. The highest BCUT2D eigenvalue weighted by Crippen LogP contribution is 2.60. The minimum absolute atomic E-state index is 0.124. The van der Waals surface area contributed by atoms with E-state index in [1.54, 1.807) is 0 Å². The monoisotopic (exact) mass is 301 g/mol. The Labute approximate surface area is 128 Å². The molecule has 0 heterocycles. The van der Waals surface area contributed by atoms with E-state index in [-0.39, 0.29) is 23.0 Å². The third-order valence-corrected chi connectivity index (χ3v) is 5.50. The van der Waals surface area contributed by atoms with Gasteiger partial charge in [-0.1, -0.05) is 11.6 Å². The van der Waals surface area contributed by atoms with Crippen LogP contribution in [0.4, 0.5) is 5.69 Å². The van der Waals surface area contributed by atoms with Crippen molar-refractivity contribution in [1.29, 1.82) is 0 Å². The third-order valence-electron chi connectivity index (χ3n) is 5.19. The zero-order valence-corrected chi connectivity index (χ0v) is 12.6. The largest absolute Gasteiger partial charge is 0.325 e. The van der Waals surface area contributed by atoms with Gasteiger partial charge in [-0.05, 0) is 60.6 Å². The molecule has 0 aromatic heterocycles. The Bertz CT molecular complexity index is 722. The minimum Gasteiger partial charge on any atom is -0.325 e. The molecule has 3 nitrogen and oxygen atoms in total. The second kappa shape index (κ2) is 4.20. The highest BCUT2D eigenvalue weighted by Gasteiger charge is 2.51. The molecule has 3 aliphatic rings. The fourth-order valence-corrected chi connectivity index (χ4v) is 4.52. The van der Waals surface area contributed by atoms with Gasteiger partial charge in [0.15, 0.2) is 5.78 Å². The van der Waals surface area contributed by atoms with E-state index in [0.29, 0.717) is 10.7 Å². The summed E-state index contributed by atoms with van der Waals surface area (Å²) in [6.45, 7) is 1.48. The molecule has 4 heteroatoms. The van der Waals surface area contributed by atoms with Crippen LogP contribution in [-0.4, -0.2) is 11.7 Å². The van der Waals surface area contributed by atoms with Gasteiger partial charge in [-0.2, -0.15) is 0 Å². The number of amides is 1. The number of nitrogens with one attached hydrogen (secondary N) is 1. The maximum Gasteiger partial charge on any atom is 0.221 e. The number of ketones is 1. The van der Waals surface area contributed by atoms with Gasteiger partial charge in [0.05, 0.1) is 10.7 Å². The van der Waals surface area contributed by atoms with Gasteiger partial charge in [-0.25, -0.2) is 0 Å². The first-order valence-electron chi connectivity index (χ1n) is 7.35. The van der Waals surface area contributed by atoms with Crippen molar-refractivity contribution >= 4 is 34.6 Å². The van der Waals surface area contributed by atoms with Gasteiger partial charge in [0, 0.05) is 18.3 Å². The number of fused-ring (bicyclic) bond motifs is 3. The van der Waals surface area contributed by atoms with E-state index in [1.807, 2.05) is 18.2 Å². The van der Waals surface area contributed by atoms with Gasteiger partial charge >= 0.3 is 0 Å². The SMILES string of the molecule is CC(=O)Nc1cc2c(cc1Cl)C1=CC(=O)[C@H]3CC[C@]1(C2)C3. The topological polar surface area (TPSA) is 46.2 Å². The van der Waals surface area contributed by atoms with Crippen LogP contribution in [0.25, 0.3) is 5.57 Å². The van der Waals surface area contributed by atoms with Gasteiger partial charge < -0.3 is 5.32 Å². The zero-order valence-electron chi connectivity index (χ0n) is 11.8. The number of benzene rings is 1. The lowest BCUT2D eigenvalue weighted by Gasteiger charge is -2.28. The lowest BCUT2D eigenvalue weighted by atomic mass is 9.74. The molecule has 1 spiro atoms. The van der Waals surface area contributed by atoms with Crippen molar-refractivity contribution in [3.63, 3.8) is 0 Å². The summed E-state index contributed by atoms with van der Waals surface area (Å²) < 4.78 is 0. The van der Waals surface area contributed by atoms with Crippen molar-refractivity contribution in [1.82, 2.24) is 0 Å². The fourth-order valence-electron chi connectivity index (χ4n) is 4.31. The molecule has 2 bridgehead atoms. The molecule has 21 heavy (non-hydrogen) atoms. The summed E-state index contributed by atoms with van der Waals surface area (Å²) in [5, 5.41) is 3.31. The second-order valence-corrected chi connectivity index (χ2v) is 6.93. The molecule has 3 aliphatic carbocycles. The van der Waals surface area contributed by atoms with Crippen LogP contribution >= 0.6 is 11.6 Å². The van der Waals surface area contributed by atoms with Gasteiger partial charge in [0.1, 0.15) is 0 Å². The molecule has 0 saturated heterocycles. The van der Waals surface area contributed by atoms with Crippen molar-refractivity contribution in [2.75, 3.05) is 5.32 Å². The van der Waals surface area contributed by atoms with Gasteiger partial charge in [0.2, 0.25) is 5.91 Å². The average Bonchev–Trinajstić information content (AvgIpc) is 2.92. The number of hydrogen-bond acceptors (Lipinski definition) is 2. The number of halogens is 1. The lowest BCUT2D eigenvalue weighted by Crippen LogP contribution is -2.23.